The Balaban J connectivity index is 2.95. The first-order valence-electron chi connectivity index (χ1n) is 6.21. The van der Waals surface area contributed by atoms with Gasteiger partial charge in [-0.15, -0.1) is 0 Å². The van der Waals surface area contributed by atoms with Crippen molar-refractivity contribution in [2.45, 2.75) is 33.2 Å². The van der Waals surface area contributed by atoms with Crippen LogP contribution < -0.4 is 10.6 Å². The van der Waals surface area contributed by atoms with Crippen LogP contribution in [0.2, 0.25) is 0 Å². The predicted molar refractivity (Wildman–Crippen MR) is 74.6 cm³/mol. The lowest BCUT2D eigenvalue weighted by Crippen LogP contribution is -2.35. The standard InChI is InChI=1S/C14H24N2O/c1-5-12(3)16(8-9-17-4)14-7-6-13(15)10-11(14)2/h6-7,10,12H,5,8-9,15H2,1-4H3. The minimum absolute atomic E-state index is 0.507. The molecule has 0 spiro atoms. The number of anilines is 2. The molecule has 0 aliphatic carbocycles. The van der Waals surface area contributed by atoms with Gasteiger partial charge in [0.2, 0.25) is 0 Å². The third kappa shape index (κ3) is 3.63. The highest BCUT2D eigenvalue weighted by atomic mass is 16.5. The maximum Gasteiger partial charge on any atom is 0.0637 e. The van der Waals surface area contributed by atoms with Gasteiger partial charge in [0.05, 0.1) is 6.61 Å². The summed E-state index contributed by atoms with van der Waals surface area (Å²) >= 11 is 0. The molecule has 3 heteroatoms. The second-order valence-electron chi connectivity index (χ2n) is 4.49. The van der Waals surface area contributed by atoms with E-state index in [4.69, 9.17) is 10.5 Å². The van der Waals surface area contributed by atoms with Gasteiger partial charge in [0.15, 0.2) is 0 Å². The van der Waals surface area contributed by atoms with Gasteiger partial charge in [0, 0.05) is 31.1 Å². The number of hydrogen-bond donors (Lipinski definition) is 1. The number of methoxy groups -OCH3 is 1. The molecule has 0 saturated heterocycles. The fraction of sp³-hybridized carbons (Fsp3) is 0.571. The first kappa shape index (κ1) is 13.8. The molecule has 1 aromatic rings. The summed E-state index contributed by atoms with van der Waals surface area (Å²) in [5, 5.41) is 0. The van der Waals surface area contributed by atoms with Crippen molar-refractivity contribution in [3.05, 3.63) is 23.8 Å². The zero-order chi connectivity index (χ0) is 12.8. The summed E-state index contributed by atoms with van der Waals surface area (Å²) in [5.74, 6) is 0. The highest BCUT2D eigenvalue weighted by Crippen LogP contribution is 2.24. The quantitative estimate of drug-likeness (QED) is 0.772. The number of aryl methyl sites for hydroxylation is 1. The second-order valence-corrected chi connectivity index (χ2v) is 4.49. The first-order valence-corrected chi connectivity index (χ1v) is 6.21. The largest absolute Gasteiger partial charge is 0.399 e. The summed E-state index contributed by atoms with van der Waals surface area (Å²) < 4.78 is 5.19. The molecule has 1 unspecified atom stereocenters. The van der Waals surface area contributed by atoms with E-state index in [1.54, 1.807) is 7.11 Å². The second kappa shape index (κ2) is 6.50. The van der Waals surface area contributed by atoms with E-state index in [0.29, 0.717) is 6.04 Å². The topological polar surface area (TPSA) is 38.5 Å². The molecule has 0 fully saturated rings. The summed E-state index contributed by atoms with van der Waals surface area (Å²) in [7, 11) is 1.74. The van der Waals surface area contributed by atoms with Crippen LogP contribution in [0.4, 0.5) is 11.4 Å². The Bertz CT molecular complexity index is 352. The summed E-state index contributed by atoms with van der Waals surface area (Å²) in [6.45, 7) is 8.21. The summed E-state index contributed by atoms with van der Waals surface area (Å²) in [6, 6.07) is 6.60. The average Bonchev–Trinajstić information content (AvgIpc) is 2.31. The van der Waals surface area contributed by atoms with E-state index in [0.717, 1.165) is 25.3 Å². The van der Waals surface area contributed by atoms with Gasteiger partial charge in [-0.3, -0.25) is 0 Å². The highest BCUT2D eigenvalue weighted by Gasteiger charge is 2.14. The Hall–Kier alpha value is -1.22. The van der Waals surface area contributed by atoms with E-state index < -0.39 is 0 Å². The Labute approximate surface area is 105 Å². The van der Waals surface area contributed by atoms with E-state index in [9.17, 15) is 0 Å². The number of rotatable bonds is 6. The zero-order valence-electron chi connectivity index (χ0n) is 11.4. The van der Waals surface area contributed by atoms with Crippen molar-refractivity contribution >= 4 is 11.4 Å². The Morgan fingerprint density at radius 3 is 2.65 bits per heavy atom. The molecule has 0 aliphatic rings. The molecule has 1 aromatic carbocycles. The van der Waals surface area contributed by atoms with Crippen molar-refractivity contribution in [1.82, 2.24) is 0 Å². The maximum absolute atomic E-state index is 5.79. The minimum atomic E-state index is 0.507. The average molecular weight is 236 g/mol. The lowest BCUT2D eigenvalue weighted by Gasteiger charge is -2.32. The lowest BCUT2D eigenvalue weighted by atomic mass is 10.1. The Morgan fingerprint density at radius 1 is 1.41 bits per heavy atom. The van der Waals surface area contributed by atoms with Crippen LogP contribution in [0, 0.1) is 6.92 Å². The summed E-state index contributed by atoms with van der Waals surface area (Å²) in [6.07, 6.45) is 1.12. The molecule has 0 radical (unpaired) electrons. The Morgan fingerprint density at radius 2 is 2.12 bits per heavy atom. The summed E-state index contributed by atoms with van der Waals surface area (Å²) in [4.78, 5) is 2.39. The normalized spacial score (nSPS) is 12.5. The molecule has 17 heavy (non-hydrogen) atoms. The number of benzene rings is 1. The summed E-state index contributed by atoms with van der Waals surface area (Å²) in [5.41, 5.74) is 9.09. The van der Waals surface area contributed by atoms with Gasteiger partial charge < -0.3 is 15.4 Å². The van der Waals surface area contributed by atoms with E-state index in [1.165, 1.54) is 11.3 Å². The van der Waals surface area contributed by atoms with Crippen molar-refractivity contribution in [2.24, 2.45) is 0 Å². The monoisotopic (exact) mass is 236 g/mol. The van der Waals surface area contributed by atoms with Gasteiger partial charge in [0.25, 0.3) is 0 Å². The molecule has 3 nitrogen and oxygen atoms in total. The van der Waals surface area contributed by atoms with E-state index in [-0.39, 0.29) is 0 Å². The molecule has 0 saturated carbocycles. The number of nitrogens with two attached hydrogens (primary N) is 1. The van der Waals surface area contributed by atoms with Gasteiger partial charge in [-0.2, -0.15) is 0 Å². The van der Waals surface area contributed by atoms with Crippen LogP contribution in [0.25, 0.3) is 0 Å². The molecule has 0 aromatic heterocycles. The van der Waals surface area contributed by atoms with Gasteiger partial charge in [0.1, 0.15) is 0 Å². The fourth-order valence-corrected chi connectivity index (χ4v) is 1.99. The third-order valence-corrected chi connectivity index (χ3v) is 3.19. The SMILES string of the molecule is CCC(C)N(CCOC)c1ccc(N)cc1C. The molecule has 0 heterocycles. The van der Waals surface area contributed by atoms with Crippen molar-refractivity contribution in [3.63, 3.8) is 0 Å². The predicted octanol–water partition coefficient (Wildman–Crippen LogP) is 2.83. The van der Waals surface area contributed by atoms with Crippen molar-refractivity contribution in [2.75, 3.05) is 30.9 Å². The Kier molecular flexibility index (Phi) is 5.29. The van der Waals surface area contributed by atoms with Crippen LogP contribution in [-0.2, 0) is 4.74 Å². The molecule has 0 bridgehead atoms. The number of hydrogen-bond acceptors (Lipinski definition) is 3. The maximum atomic E-state index is 5.79. The fourth-order valence-electron chi connectivity index (χ4n) is 1.99. The van der Waals surface area contributed by atoms with Crippen LogP contribution in [0.1, 0.15) is 25.8 Å². The van der Waals surface area contributed by atoms with Crippen LogP contribution in [0.15, 0.2) is 18.2 Å². The van der Waals surface area contributed by atoms with Crippen LogP contribution >= 0.6 is 0 Å². The van der Waals surface area contributed by atoms with Crippen molar-refractivity contribution in [1.29, 1.82) is 0 Å². The molecule has 1 atom stereocenters. The highest BCUT2D eigenvalue weighted by molar-refractivity contribution is 5.59. The molecular weight excluding hydrogens is 212 g/mol. The van der Waals surface area contributed by atoms with Gasteiger partial charge >= 0.3 is 0 Å². The van der Waals surface area contributed by atoms with Crippen LogP contribution in [-0.4, -0.2) is 26.3 Å². The third-order valence-electron chi connectivity index (χ3n) is 3.19. The molecule has 96 valence electrons. The van der Waals surface area contributed by atoms with Crippen LogP contribution in [0.5, 0.6) is 0 Å². The molecule has 0 aliphatic heterocycles. The first-order chi connectivity index (χ1) is 8.10. The van der Waals surface area contributed by atoms with Gasteiger partial charge in [-0.1, -0.05) is 6.92 Å². The smallest absolute Gasteiger partial charge is 0.0637 e. The number of ether oxygens (including phenoxy) is 1. The molecular formula is C14H24N2O. The lowest BCUT2D eigenvalue weighted by molar-refractivity contribution is 0.203. The minimum Gasteiger partial charge on any atom is -0.399 e. The molecule has 2 N–H and O–H groups in total. The van der Waals surface area contributed by atoms with Gasteiger partial charge in [-0.25, -0.2) is 0 Å². The van der Waals surface area contributed by atoms with Crippen molar-refractivity contribution < 1.29 is 4.74 Å². The zero-order valence-corrected chi connectivity index (χ0v) is 11.4. The van der Waals surface area contributed by atoms with Gasteiger partial charge in [-0.05, 0) is 44.0 Å². The van der Waals surface area contributed by atoms with Crippen molar-refractivity contribution in [3.8, 4) is 0 Å². The van der Waals surface area contributed by atoms with E-state index in [1.807, 2.05) is 12.1 Å². The van der Waals surface area contributed by atoms with Crippen LogP contribution in [0.3, 0.4) is 0 Å². The molecule has 1 rings (SSSR count). The number of nitrogens with zero attached hydrogens (tertiary/aromatic N) is 1. The molecule has 0 amide bonds. The van der Waals surface area contributed by atoms with E-state index >= 15 is 0 Å². The number of nitrogen functional groups attached to an aromatic ring is 1. The van der Waals surface area contributed by atoms with E-state index in [2.05, 4.69) is 31.7 Å².